The fourth-order valence-corrected chi connectivity index (χ4v) is 4.72. The van der Waals surface area contributed by atoms with Crippen LogP contribution in [0.1, 0.15) is 52.4 Å². The number of thioether (sulfide) groups is 1. The highest BCUT2D eigenvalue weighted by molar-refractivity contribution is 7.98. The van der Waals surface area contributed by atoms with Crippen molar-refractivity contribution in [2.24, 2.45) is 5.92 Å². The van der Waals surface area contributed by atoms with E-state index in [1.165, 1.54) is 51.6 Å². The van der Waals surface area contributed by atoms with Gasteiger partial charge in [0.25, 0.3) is 0 Å². The lowest BCUT2D eigenvalue weighted by molar-refractivity contribution is 0.0616. The molecule has 0 aromatic heterocycles. The molecule has 0 amide bonds. The molecular formula is C17H34N2OS. The maximum atomic E-state index is 10.2. The second-order valence-corrected chi connectivity index (χ2v) is 8.32. The second kappa shape index (κ2) is 8.19. The molecule has 1 saturated heterocycles. The number of aliphatic hydroxyl groups is 1. The van der Waals surface area contributed by atoms with E-state index in [2.05, 4.69) is 23.4 Å². The molecule has 4 heteroatoms. The first-order valence-corrected chi connectivity index (χ1v) is 10.1. The number of piperidine rings is 1. The lowest BCUT2D eigenvalue weighted by Crippen LogP contribution is -2.51. The molecule has 3 atom stereocenters. The van der Waals surface area contributed by atoms with E-state index in [1.807, 2.05) is 6.92 Å². The highest BCUT2D eigenvalue weighted by atomic mass is 32.2. The molecule has 0 radical (unpaired) electrons. The maximum Gasteiger partial charge on any atom is 0.0833 e. The van der Waals surface area contributed by atoms with Crippen LogP contribution in [-0.4, -0.2) is 59.3 Å². The summed E-state index contributed by atoms with van der Waals surface area (Å²) in [5, 5.41) is 13.8. The Morgan fingerprint density at radius 1 is 1.19 bits per heavy atom. The minimum Gasteiger partial charge on any atom is -0.388 e. The van der Waals surface area contributed by atoms with Crippen LogP contribution < -0.4 is 5.32 Å². The van der Waals surface area contributed by atoms with Gasteiger partial charge in [0.1, 0.15) is 0 Å². The summed E-state index contributed by atoms with van der Waals surface area (Å²) in [4.78, 5) is 2.74. The van der Waals surface area contributed by atoms with Gasteiger partial charge in [0.05, 0.1) is 5.60 Å². The third-order valence-electron chi connectivity index (χ3n) is 5.29. The van der Waals surface area contributed by atoms with E-state index in [0.717, 1.165) is 24.3 Å². The van der Waals surface area contributed by atoms with Gasteiger partial charge >= 0.3 is 0 Å². The van der Waals surface area contributed by atoms with Crippen molar-refractivity contribution in [1.29, 1.82) is 0 Å². The smallest absolute Gasteiger partial charge is 0.0833 e. The Balaban J connectivity index is 1.70. The highest BCUT2D eigenvalue weighted by Gasteiger charge is 2.30. The van der Waals surface area contributed by atoms with Crippen molar-refractivity contribution < 1.29 is 5.11 Å². The van der Waals surface area contributed by atoms with Crippen LogP contribution in [0.5, 0.6) is 0 Å². The van der Waals surface area contributed by atoms with Crippen LogP contribution in [0.25, 0.3) is 0 Å². The Bertz CT molecular complexity index is 303. The third kappa shape index (κ3) is 5.42. The van der Waals surface area contributed by atoms with Crippen molar-refractivity contribution in [2.75, 3.05) is 31.6 Å². The molecule has 0 aromatic rings. The number of hydrogen-bond donors (Lipinski definition) is 2. The van der Waals surface area contributed by atoms with Gasteiger partial charge in [-0.05, 0) is 57.9 Å². The van der Waals surface area contributed by atoms with Crippen molar-refractivity contribution >= 4 is 11.8 Å². The van der Waals surface area contributed by atoms with Crippen LogP contribution in [0.2, 0.25) is 0 Å². The normalized spacial score (nSPS) is 32.0. The van der Waals surface area contributed by atoms with E-state index < -0.39 is 5.60 Å². The Morgan fingerprint density at radius 3 is 2.48 bits per heavy atom. The van der Waals surface area contributed by atoms with E-state index in [-0.39, 0.29) is 0 Å². The van der Waals surface area contributed by atoms with Crippen molar-refractivity contribution in [3.05, 3.63) is 0 Å². The largest absolute Gasteiger partial charge is 0.388 e. The average molecular weight is 315 g/mol. The van der Waals surface area contributed by atoms with Gasteiger partial charge in [0.15, 0.2) is 0 Å². The van der Waals surface area contributed by atoms with Gasteiger partial charge in [-0.25, -0.2) is 0 Å². The number of rotatable bonds is 6. The van der Waals surface area contributed by atoms with Gasteiger partial charge in [-0.1, -0.05) is 19.8 Å². The summed E-state index contributed by atoms with van der Waals surface area (Å²) >= 11 is 1.72. The molecular weight excluding hydrogens is 280 g/mol. The van der Waals surface area contributed by atoms with E-state index >= 15 is 0 Å². The second-order valence-electron chi connectivity index (χ2n) is 7.45. The fourth-order valence-electron chi connectivity index (χ4n) is 4.00. The van der Waals surface area contributed by atoms with E-state index in [4.69, 9.17) is 0 Å². The molecule has 0 aromatic carbocycles. The molecule has 3 nitrogen and oxygen atoms in total. The van der Waals surface area contributed by atoms with Gasteiger partial charge in [-0.2, -0.15) is 11.8 Å². The van der Waals surface area contributed by atoms with Crippen molar-refractivity contribution in [2.45, 2.75) is 70.1 Å². The Morgan fingerprint density at radius 2 is 1.86 bits per heavy atom. The third-order valence-corrected chi connectivity index (χ3v) is 6.20. The molecule has 2 rings (SSSR count). The van der Waals surface area contributed by atoms with E-state index in [1.54, 1.807) is 11.8 Å². The lowest BCUT2D eigenvalue weighted by Gasteiger charge is -2.43. The van der Waals surface area contributed by atoms with Crippen LogP contribution in [0.4, 0.5) is 0 Å². The lowest BCUT2D eigenvalue weighted by atomic mass is 9.84. The number of nitrogens with one attached hydrogen (secondary N) is 1. The first kappa shape index (κ1) is 17.6. The highest BCUT2D eigenvalue weighted by Crippen LogP contribution is 2.30. The number of likely N-dealkylation sites (tertiary alicyclic amines) is 1. The average Bonchev–Trinajstić information content (AvgIpc) is 2.46. The summed E-state index contributed by atoms with van der Waals surface area (Å²) in [6.45, 7) is 7.57. The van der Waals surface area contributed by atoms with Gasteiger partial charge < -0.3 is 15.3 Å². The maximum absolute atomic E-state index is 10.2. The minimum absolute atomic E-state index is 0.575. The standard InChI is InChI=1S/C17H34N2OS/c1-14-6-4-5-7-16(14)19-10-8-15(9-11-19)18-12-17(2,20)13-21-3/h14-16,18,20H,4-13H2,1-3H3. The Hall–Kier alpha value is 0.230. The summed E-state index contributed by atoms with van der Waals surface area (Å²) in [5.74, 6) is 1.68. The molecule has 21 heavy (non-hydrogen) atoms. The zero-order valence-corrected chi connectivity index (χ0v) is 14.9. The van der Waals surface area contributed by atoms with Gasteiger partial charge in [-0.3, -0.25) is 0 Å². The predicted octanol–water partition coefficient (Wildman–Crippen LogP) is 2.73. The zero-order chi connectivity index (χ0) is 15.3. The summed E-state index contributed by atoms with van der Waals surface area (Å²) in [7, 11) is 0. The summed E-state index contributed by atoms with van der Waals surface area (Å²) in [6, 6.07) is 1.42. The zero-order valence-electron chi connectivity index (χ0n) is 14.1. The number of nitrogens with zero attached hydrogens (tertiary/aromatic N) is 1. The fraction of sp³-hybridized carbons (Fsp3) is 1.00. The van der Waals surface area contributed by atoms with Gasteiger partial charge in [-0.15, -0.1) is 0 Å². The molecule has 0 spiro atoms. The SMILES string of the molecule is CSCC(C)(O)CNC1CCN(C2CCCCC2C)CC1. The van der Waals surface area contributed by atoms with Crippen LogP contribution in [-0.2, 0) is 0 Å². The molecule has 1 heterocycles. The van der Waals surface area contributed by atoms with Crippen LogP contribution in [0.3, 0.4) is 0 Å². The first-order valence-electron chi connectivity index (χ1n) is 8.70. The van der Waals surface area contributed by atoms with Crippen molar-refractivity contribution in [3.8, 4) is 0 Å². The van der Waals surface area contributed by atoms with E-state index in [0.29, 0.717) is 6.04 Å². The van der Waals surface area contributed by atoms with Crippen LogP contribution in [0, 0.1) is 5.92 Å². The topological polar surface area (TPSA) is 35.5 Å². The molecule has 1 aliphatic heterocycles. The van der Waals surface area contributed by atoms with Crippen molar-refractivity contribution in [3.63, 3.8) is 0 Å². The molecule has 3 unspecified atom stereocenters. The molecule has 124 valence electrons. The summed E-state index contributed by atoms with van der Waals surface area (Å²) in [6.07, 6.45) is 10.2. The molecule has 2 fully saturated rings. The Kier molecular flexibility index (Phi) is 6.85. The molecule has 2 aliphatic rings. The molecule has 1 saturated carbocycles. The predicted molar refractivity (Wildman–Crippen MR) is 93.0 cm³/mol. The van der Waals surface area contributed by atoms with Crippen LogP contribution >= 0.6 is 11.8 Å². The van der Waals surface area contributed by atoms with Gasteiger partial charge in [0, 0.05) is 24.4 Å². The van der Waals surface area contributed by atoms with Gasteiger partial charge in [0.2, 0.25) is 0 Å². The quantitative estimate of drug-likeness (QED) is 0.790. The van der Waals surface area contributed by atoms with E-state index in [9.17, 15) is 5.11 Å². The van der Waals surface area contributed by atoms with Crippen LogP contribution in [0.15, 0.2) is 0 Å². The molecule has 1 aliphatic carbocycles. The monoisotopic (exact) mass is 314 g/mol. The summed E-state index contributed by atoms with van der Waals surface area (Å²) < 4.78 is 0. The minimum atomic E-state index is -0.575. The van der Waals surface area contributed by atoms with Crippen molar-refractivity contribution in [1.82, 2.24) is 10.2 Å². The first-order chi connectivity index (χ1) is 10.0. The number of hydrogen-bond acceptors (Lipinski definition) is 4. The Labute approximate surface area is 135 Å². The molecule has 2 N–H and O–H groups in total. The molecule has 0 bridgehead atoms. The summed E-state index contributed by atoms with van der Waals surface area (Å²) in [5.41, 5.74) is -0.575.